The Labute approximate surface area is 121 Å². The number of rotatable bonds is 8. The van der Waals surface area contributed by atoms with Gasteiger partial charge in [-0.1, -0.05) is 13.3 Å². The largest absolute Gasteiger partial charge is 0.461 e. The van der Waals surface area contributed by atoms with Gasteiger partial charge in [-0.3, -0.25) is 0 Å². The molecule has 0 amide bonds. The number of hydrogen-bond acceptors (Lipinski definition) is 6. The van der Waals surface area contributed by atoms with E-state index < -0.39 is 0 Å². The van der Waals surface area contributed by atoms with Gasteiger partial charge in [0, 0.05) is 19.6 Å². The van der Waals surface area contributed by atoms with Gasteiger partial charge in [0.25, 0.3) is 0 Å². The molecule has 0 atom stereocenters. The third kappa shape index (κ3) is 3.95. The number of nitrogens with zero attached hydrogens (tertiary/aromatic N) is 4. The summed E-state index contributed by atoms with van der Waals surface area (Å²) in [6.07, 6.45) is 4.83. The SMILES string of the molecule is CCCCN(c1nc(NC)nc(OC(C)C)n1)C1CC1. The van der Waals surface area contributed by atoms with E-state index in [1.165, 1.54) is 19.3 Å². The minimum absolute atomic E-state index is 0.0555. The summed E-state index contributed by atoms with van der Waals surface area (Å²) in [6.45, 7) is 7.14. The Kier molecular flexibility index (Phi) is 4.98. The van der Waals surface area contributed by atoms with Gasteiger partial charge in [0.1, 0.15) is 0 Å². The zero-order valence-corrected chi connectivity index (χ0v) is 12.9. The molecule has 0 unspecified atom stereocenters. The van der Waals surface area contributed by atoms with Crippen LogP contribution in [0.1, 0.15) is 46.5 Å². The molecule has 0 aromatic carbocycles. The molecule has 0 saturated heterocycles. The van der Waals surface area contributed by atoms with Crippen molar-refractivity contribution in [2.24, 2.45) is 0 Å². The molecule has 0 spiro atoms. The summed E-state index contributed by atoms with van der Waals surface area (Å²) in [5.74, 6) is 1.30. The lowest BCUT2D eigenvalue weighted by Crippen LogP contribution is -2.29. The van der Waals surface area contributed by atoms with Gasteiger partial charge in [-0.15, -0.1) is 0 Å². The monoisotopic (exact) mass is 279 g/mol. The van der Waals surface area contributed by atoms with Crippen LogP contribution >= 0.6 is 0 Å². The molecule has 6 nitrogen and oxygen atoms in total. The number of unbranched alkanes of at least 4 members (excludes halogenated alkanes) is 1. The maximum Gasteiger partial charge on any atom is 0.323 e. The first kappa shape index (κ1) is 14.8. The van der Waals surface area contributed by atoms with E-state index in [1.54, 1.807) is 0 Å². The fraction of sp³-hybridized carbons (Fsp3) is 0.786. The molecule has 6 heteroatoms. The van der Waals surface area contributed by atoms with Gasteiger partial charge in [0.2, 0.25) is 11.9 Å². The number of aromatic nitrogens is 3. The fourth-order valence-corrected chi connectivity index (χ4v) is 2.01. The first-order chi connectivity index (χ1) is 9.63. The summed E-state index contributed by atoms with van der Waals surface area (Å²) in [5, 5.41) is 2.98. The van der Waals surface area contributed by atoms with Gasteiger partial charge in [-0.25, -0.2) is 0 Å². The van der Waals surface area contributed by atoms with Gasteiger partial charge < -0.3 is 15.0 Å². The highest BCUT2D eigenvalue weighted by Crippen LogP contribution is 2.31. The van der Waals surface area contributed by atoms with Crippen molar-refractivity contribution >= 4 is 11.9 Å². The van der Waals surface area contributed by atoms with Crippen molar-refractivity contribution in [1.82, 2.24) is 15.0 Å². The average molecular weight is 279 g/mol. The summed E-state index contributed by atoms with van der Waals surface area (Å²) >= 11 is 0. The molecular formula is C14H25N5O. The van der Waals surface area contributed by atoms with E-state index in [2.05, 4.69) is 32.1 Å². The van der Waals surface area contributed by atoms with Crippen LogP contribution in [0, 0.1) is 0 Å². The van der Waals surface area contributed by atoms with Crippen molar-refractivity contribution in [2.45, 2.75) is 58.6 Å². The Morgan fingerprint density at radius 2 is 2.05 bits per heavy atom. The number of hydrogen-bond donors (Lipinski definition) is 1. The topological polar surface area (TPSA) is 63.2 Å². The normalized spacial score (nSPS) is 14.4. The maximum atomic E-state index is 5.62. The summed E-state index contributed by atoms with van der Waals surface area (Å²) in [4.78, 5) is 15.5. The van der Waals surface area contributed by atoms with Gasteiger partial charge in [0.05, 0.1) is 6.10 Å². The molecule has 20 heavy (non-hydrogen) atoms. The Hall–Kier alpha value is -1.59. The lowest BCUT2D eigenvalue weighted by Gasteiger charge is -2.22. The lowest BCUT2D eigenvalue weighted by molar-refractivity contribution is 0.222. The van der Waals surface area contributed by atoms with Crippen LogP contribution in [0.4, 0.5) is 11.9 Å². The van der Waals surface area contributed by atoms with Crippen LogP contribution in [0.5, 0.6) is 6.01 Å². The molecule has 1 aliphatic rings. The Morgan fingerprint density at radius 3 is 2.60 bits per heavy atom. The zero-order chi connectivity index (χ0) is 14.5. The van der Waals surface area contributed by atoms with Crippen molar-refractivity contribution in [3.05, 3.63) is 0 Å². The fourth-order valence-electron chi connectivity index (χ4n) is 2.01. The van der Waals surface area contributed by atoms with E-state index in [9.17, 15) is 0 Å². The molecule has 1 heterocycles. The molecule has 1 N–H and O–H groups in total. The molecule has 0 aliphatic heterocycles. The van der Waals surface area contributed by atoms with E-state index in [4.69, 9.17) is 4.74 Å². The number of anilines is 2. The minimum Gasteiger partial charge on any atom is -0.461 e. The van der Waals surface area contributed by atoms with Crippen LogP contribution in [-0.4, -0.2) is 40.7 Å². The zero-order valence-electron chi connectivity index (χ0n) is 12.9. The highest BCUT2D eigenvalue weighted by molar-refractivity contribution is 5.40. The first-order valence-electron chi connectivity index (χ1n) is 7.51. The lowest BCUT2D eigenvalue weighted by atomic mass is 10.3. The molecule has 0 bridgehead atoms. The highest BCUT2D eigenvalue weighted by atomic mass is 16.5. The van der Waals surface area contributed by atoms with Gasteiger partial charge in [-0.05, 0) is 33.1 Å². The molecule has 1 aliphatic carbocycles. The summed E-state index contributed by atoms with van der Waals surface area (Å²) in [7, 11) is 1.81. The Morgan fingerprint density at radius 1 is 1.30 bits per heavy atom. The predicted molar refractivity (Wildman–Crippen MR) is 80.4 cm³/mol. The van der Waals surface area contributed by atoms with Crippen molar-refractivity contribution in [3.8, 4) is 6.01 Å². The smallest absolute Gasteiger partial charge is 0.323 e. The van der Waals surface area contributed by atoms with E-state index in [-0.39, 0.29) is 6.10 Å². The molecule has 0 radical (unpaired) electrons. The summed E-state index contributed by atoms with van der Waals surface area (Å²) in [6, 6.07) is 0.983. The summed E-state index contributed by atoms with van der Waals surface area (Å²) < 4.78 is 5.62. The standard InChI is InChI=1S/C14H25N5O/c1-5-6-9-19(11-7-8-11)13-16-12(15-4)17-14(18-13)20-10(2)3/h10-11H,5-9H2,1-4H3,(H,15,16,17,18). The molecule has 112 valence electrons. The molecule has 1 aromatic rings. The van der Waals surface area contributed by atoms with Crippen molar-refractivity contribution in [2.75, 3.05) is 23.8 Å². The van der Waals surface area contributed by atoms with Crippen LogP contribution in [0.25, 0.3) is 0 Å². The van der Waals surface area contributed by atoms with E-state index in [0.717, 1.165) is 18.9 Å². The Bertz CT molecular complexity index is 434. The highest BCUT2D eigenvalue weighted by Gasteiger charge is 2.31. The summed E-state index contributed by atoms with van der Waals surface area (Å²) in [5.41, 5.74) is 0. The van der Waals surface area contributed by atoms with E-state index in [0.29, 0.717) is 18.0 Å². The van der Waals surface area contributed by atoms with E-state index in [1.807, 2.05) is 20.9 Å². The van der Waals surface area contributed by atoms with Crippen LogP contribution in [0.3, 0.4) is 0 Å². The van der Waals surface area contributed by atoms with Gasteiger partial charge in [0.15, 0.2) is 0 Å². The first-order valence-corrected chi connectivity index (χ1v) is 7.51. The number of ether oxygens (including phenoxy) is 1. The molecule has 1 saturated carbocycles. The Balaban J connectivity index is 2.22. The number of nitrogens with one attached hydrogen (secondary N) is 1. The molecular weight excluding hydrogens is 254 g/mol. The van der Waals surface area contributed by atoms with Crippen LogP contribution in [0.15, 0.2) is 0 Å². The quantitative estimate of drug-likeness (QED) is 0.788. The molecule has 1 aromatic heterocycles. The third-order valence-electron chi connectivity index (χ3n) is 3.16. The average Bonchev–Trinajstić information content (AvgIpc) is 3.22. The molecule has 2 rings (SSSR count). The molecule has 1 fully saturated rings. The second-order valence-electron chi connectivity index (χ2n) is 5.44. The second kappa shape index (κ2) is 6.72. The van der Waals surface area contributed by atoms with Gasteiger partial charge >= 0.3 is 6.01 Å². The maximum absolute atomic E-state index is 5.62. The van der Waals surface area contributed by atoms with Crippen molar-refractivity contribution in [1.29, 1.82) is 0 Å². The van der Waals surface area contributed by atoms with Gasteiger partial charge in [-0.2, -0.15) is 15.0 Å². The third-order valence-corrected chi connectivity index (χ3v) is 3.16. The van der Waals surface area contributed by atoms with Crippen molar-refractivity contribution in [3.63, 3.8) is 0 Å². The van der Waals surface area contributed by atoms with Crippen LogP contribution in [0.2, 0.25) is 0 Å². The minimum atomic E-state index is 0.0555. The predicted octanol–water partition coefficient (Wildman–Crippen LogP) is 2.47. The van der Waals surface area contributed by atoms with Crippen LogP contribution in [-0.2, 0) is 0 Å². The van der Waals surface area contributed by atoms with E-state index >= 15 is 0 Å². The van der Waals surface area contributed by atoms with Crippen molar-refractivity contribution < 1.29 is 4.74 Å². The van der Waals surface area contributed by atoms with Crippen LogP contribution < -0.4 is 15.0 Å². The second-order valence-corrected chi connectivity index (χ2v) is 5.44.